The van der Waals surface area contributed by atoms with Crippen LogP contribution in [0.3, 0.4) is 0 Å². The second-order valence-electron chi connectivity index (χ2n) is 5.55. The number of hydrogen-bond acceptors (Lipinski definition) is 1. The van der Waals surface area contributed by atoms with E-state index in [9.17, 15) is 0 Å². The van der Waals surface area contributed by atoms with Crippen LogP contribution in [-0.4, -0.2) is 0 Å². The van der Waals surface area contributed by atoms with E-state index in [1.807, 2.05) is 62.4 Å². The summed E-state index contributed by atoms with van der Waals surface area (Å²) >= 11 is 4.87. The number of aryl methyl sites for hydroxylation is 3. The normalized spacial score (nSPS) is 8.76. The van der Waals surface area contributed by atoms with Crippen molar-refractivity contribution < 1.29 is 17.1 Å². The van der Waals surface area contributed by atoms with Crippen LogP contribution in [0.4, 0.5) is 11.4 Å². The van der Waals surface area contributed by atoms with Gasteiger partial charge in [0.25, 0.3) is 0 Å². The van der Waals surface area contributed by atoms with Gasteiger partial charge in [0.2, 0.25) is 0 Å². The van der Waals surface area contributed by atoms with E-state index in [1.54, 1.807) is 24.3 Å². The molecule has 0 saturated carbocycles. The number of rotatable bonds is 0. The largest absolute Gasteiger partial charge is 0.780 e. The van der Waals surface area contributed by atoms with Crippen LogP contribution in [0.2, 0.25) is 0 Å². The number of nitrogens with one attached hydrogen (secondary N) is 2. The van der Waals surface area contributed by atoms with E-state index >= 15 is 0 Å². The average Bonchev–Trinajstić information content (AvgIpc) is 2.57. The van der Waals surface area contributed by atoms with Crippen molar-refractivity contribution in [1.29, 1.82) is 0 Å². The van der Waals surface area contributed by atoms with Crippen LogP contribution in [0.5, 0.6) is 0 Å². The van der Waals surface area contributed by atoms with Gasteiger partial charge in [0.05, 0.1) is 0 Å². The van der Waals surface area contributed by atoms with Crippen molar-refractivity contribution >= 4 is 24.0 Å². The summed E-state index contributed by atoms with van der Waals surface area (Å²) in [6, 6.07) is 22.8. The minimum absolute atomic E-state index is 0. The van der Waals surface area contributed by atoms with E-state index in [2.05, 4.69) is 6.92 Å². The van der Waals surface area contributed by atoms with E-state index in [4.69, 9.17) is 24.1 Å². The summed E-state index contributed by atoms with van der Waals surface area (Å²) in [6.45, 7) is 6.08. The second-order valence-corrected chi connectivity index (χ2v) is 6.02. The van der Waals surface area contributed by atoms with Crippen LogP contribution < -0.4 is 0 Å². The third-order valence-corrected chi connectivity index (χ3v) is 3.40. The van der Waals surface area contributed by atoms with Gasteiger partial charge in [-0.2, -0.15) is 4.90 Å². The molecular formula is C21H23CuN2S-3. The maximum Gasteiger partial charge on any atom is 0 e. The Balaban J connectivity index is 0.000000339. The molecule has 0 fully saturated rings. The van der Waals surface area contributed by atoms with Gasteiger partial charge in [-0.05, 0) is 20.8 Å². The molecule has 0 bridgehead atoms. The van der Waals surface area contributed by atoms with Crippen molar-refractivity contribution in [2.45, 2.75) is 25.7 Å². The molecule has 0 heterocycles. The Hall–Kier alpha value is -2.00. The molecule has 0 saturated heterocycles. The van der Waals surface area contributed by atoms with E-state index in [1.165, 1.54) is 16.7 Å². The van der Waals surface area contributed by atoms with E-state index in [0.29, 0.717) is 11.4 Å². The summed E-state index contributed by atoms with van der Waals surface area (Å²) in [7, 11) is 0. The van der Waals surface area contributed by atoms with Crippen LogP contribution in [0.1, 0.15) is 16.7 Å². The molecule has 3 rings (SSSR count). The number of hydrogen-bond donors (Lipinski definition) is 0. The zero-order valence-corrected chi connectivity index (χ0v) is 16.4. The van der Waals surface area contributed by atoms with Crippen molar-refractivity contribution in [2.75, 3.05) is 0 Å². The van der Waals surface area contributed by atoms with Crippen molar-refractivity contribution in [1.82, 2.24) is 0 Å². The van der Waals surface area contributed by atoms with Gasteiger partial charge in [0.15, 0.2) is 0 Å². The zero-order chi connectivity index (χ0) is 17.9. The molecule has 0 aliphatic rings. The molecule has 3 aromatic rings. The zero-order valence-electron chi connectivity index (χ0n) is 14.6. The Bertz CT molecular complexity index is 542. The van der Waals surface area contributed by atoms with Crippen LogP contribution in [0.15, 0.2) is 77.7 Å². The maximum absolute atomic E-state index is 7.09. The SMILES string of the molecule is Cc1ccc([NH-])cc1.Cc1ccc([NH-])cc1.Cc1ccc([S-])cc1.[Cu]. The quantitative estimate of drug-likeness (QED) is 0.290. The monoisotopic (exact) mass is 398 g/mol. The standard InChI is InChI=1S/2C7H8N.C7H8S.Cu/c3*1-6-2-4-7(8)5-3-6;/h3*2-5,8H,1H3;/q2*-1;;/p-1. The van der Waals surface area contributed by atoms with E-state index < -0.39 is 0 Å². The predicted octanol–water partition coefficient (Wildman–Crippen LogP) is 7.26. The predicted molar refractivity (Wildman–Crippen MR) is 107 cm³/mol. The Morgan fingerprint density at radius 1 is 0.520 bits per heavy atom. The first-order chi connectivity index (χ1) is 11.4. The third-order valence-electron chi connectivity index (χ3n) is 3.12. The molecule has 0 aliphatic carbocycles. The Labute approximate surface area is 167 Å². The molecule has 0 aromatic heterocycles. The van der Waals surface area contributed by atoms with E-state index in [-0.39, 0.29) is 17.1 Å². The van der Waals surface area contributed by atoms with Crippen molar-refractivity contribution in [2.24, 2.45) is 0 Å². The van der Waals surface area contributed by atoms with Gasteiger partial charge >= 0.3 is 0 Å². The first-order valence-electron chi connectivity index (χ1n) is 7.67. The van der Waals surface area contributed by atoms with Gasteiger partial charge in [-0.1, -0.05) is 89.5 Å². The number of benzene rings is 3. The fourth-order valence-electron chi connectivity index (χ4n) is 1.65. The molecule has 3 aromatic carbocycles. The molecule has 0 unspecified atom stereocenters. The first kappa shape index (κ1) is 23.0. The molecule has 0 aliphatic heterocycles. The minimum Gasteiger partial charge on any atom is -0.780 e. The Kier molecular flexibility index (Phi) is 11.4. The summed E-state index contributed by atoms with van der Waals surface area (Å²) < 4.78 is 0. The Morgan fingerprint density at radius 3 is 0.960 bits per heavy atom. The van der Waals surface area contributed by atoms with Crippen LogP contribution >= 0.6 is 0 Å². The third kappa shape index (κ3) is 11.2. The minimum atomic E-state index is 0. The summed E-state index contributed by atoms with van der Waals surface area (Å²) in [5.41, 5.74) is 19.0. The van der Waals surface area contributed by atoms with Crippen molar-refractivity contribution in [3.05, 3.63) is 101 Å². The van der Waals surface area contributed by atoms with E-state index in [0.717, 1.165) is 4.90 Å². The van der Waals surface area contributed by atoms with Gasteiger partial charge in [0, 0.05) is 17.1 Å². The molecule has 2 N–H and O–H groups in total. The van der Waals surface area contributed by atoms with Gasteiger partial charge in [-0.3, -0.25) is 0 Å². The van der Waals surface area contributed by atoms with Crippen LogP contribution in [0, 0.1) is 20.8 Å². The smallest absolute Gasteiger partial charge is 0 e. The van der Waals surface area contributed by atoms with Gasteiger partial charge < -0.3 is 24.1 Å². The molecule has 0 amide bonds. The summed E-state index contributed by atoms with van der Waals surface area (Å²) in [5, 5.41) is 0. The molecule has 4 heteroatoms. The molecule has 0 atom stereocenters. The van der Waals surface area contributed by atoms with Crippen LogP contribution in [-0.2, 0) is 29.7 Å². The molecule has 25 heavy (non-hydrogen) atoms. The first-order valence-corrected chi connectivity index (χ1v) is 8.08. The van der Waals surface area contributed by atoms with Crippen LogP contribution in [0.25, 0.3) is 11.5 Å². The van der Waals surface area contributed by atoms with Gasteiger partial charge in [-0.25, -0.2) is 0 Å². The topological polar surface area (TPSA) is 47.6 Å². The molecule has 0 spiro atoms. The second kappa shape index (κ2) is 12.4. The molecular weight excluding hydrogens is 376 g/mol. The molecule has 137 valence electrons. The molecule has 2 nitrogen and oxygen atoms in total. The fraction of sp³-hybridized carbons (Fsp3) is 0.143. The van der Waals surface area contributed by atoms with Gasteiger partial charge in [-0.15, -0.1) is 11.4 Å². The van der Waals surface area contributed by atoms with Gasteiger partial charge in [0.1, 0.15) is 0 Å². The summed E-state index contributed by atoms with van der Waals surface area (Å²) in [4.78, 5) is 0.913. The molecule has 1 radical (unpaired) electrons. The fourth-order valence-corrected chi connectivity index (χ4v) is 1.78. The average molecular weight is 399 g/mol. The van der Waals surface area contributed by atoms with Crippen molar-refractivity contribution in [3.8, 4) is 0 Å². The summed E-state index contributed by atoms with van der Waals surface area (Å²) in [6.07, 6.45) is 0. The summed E-state index contributed by atoms with van der Waals surface area (Å²) in [5.74, 6) is 0. The van der Waals surface area contributed by atoms with Crippen molar-refractivity contribution in [3.63, 3.8) is 0 Å². The maximum atomic E-state index is 7.09. The Morgan fingerprint density at radius 2 is 0.760 bits per heavy atom.